The van der Waals surface area contributed by atoms with E-state index in [9.17, 15) is 9.59 Å². The number of hydrogen-bond donors (Lipinski definition) is 2. The Labute approximate surface area is 109 Å². The van der Waals surface area contributed by atoms with Gasteiger partial charge in [-0.15, -0.1) is 0 Å². The summed E-state index contributed by atoms with van der Waals surface area (Å²) in [5.74, 6) is 1.66. The number of amides is 2. The second-order valence-corrected chi connectivity index (χ2v) is 6.12. The summed E-state index contributed by atoms with van der Waals surface area (Å²) in [5.41, 5.74) is -0.545. The molecule has 0 spiro atoms. The van der Waals surface area contributed by atoms with Gasteiger partial charge in [0.15, 0.2) is 0 Å². The molecule has 2 amide bonds. The molecule has 0 aromatic heterocycles. The Morgan fingerprint density at radius 3 is 2.88 bits per heavy atom. The highest BCUT2D eigenvalue weighted by atomic mass is 32.2. The van der Waals surface area contributed by atoms with Crippen molar-refractivity contribution in [2.75, 3.05) is 18.1 Å². The minimum Gasteiger partial charge on any atom is -0.444 e. The van der Waals surface area contributed by atoms with Gasteiger partial charge in [-0.2, -0.15) is 11.8 Å². The van der Waals surface area contributed by atoms with Crippen molar-refractivity contribution in [3.05, 3.63) is 0 Å². The van der Waals surface area contributed by atoms with Crippen LogP contribution in [0.5, 0.6) is 0 Å². The number of hydrogen-bond acceptors (Lipinski definition) is 4. The molecule has 1 aliphatic rings. The Kier molecular flexibility index (Phi) is 5.11. The molecule has 0 bridgehead atoms. The van der Waals surface area contributed by atoms with Gasteiger partial charge in [0.05, 0.1) is 0 Å². The summed E-state index contributed by atoms with van der Waals surface area (Å²) in [7, 11) is 0. The van der Waals surface area contributed by atoms with Crippen molar-refractivity contribution in [1.29, 1.82) is 0 Å². The maximum absolute atomic E-state index is 11.7. The topological polar surface area (TPSA) is 67.4 Å². The normalized spacial score (nSPS) is 22.1. The minimum absolute atomic E-state index is 0. The van der Waals surface area contributed by atoms with E-state index in [1.165, 1.54) is 0 Å². The second kappa shape index (κ2) is 6.14. The van der Waals surface area contributed by atoms with E-state index in [0.29, 0.717) is 13.0 Å². The highest BCUT2D eigenvalue weighted by Gasteiger charge is 2.24. The molecule has 5 nitrogen and oxygen atoms in total. The Hall–Kier alpha value is -0.910. The minimum atomic E-state index is -0.545. The molecular formula is C11H24N2O3S. The predicted molar refractivity (Wildman–Crippen MR) is 72.3 cm³/mol. The standard InChI is InChI=1S/C11H20N2O3S.2H2/c1-11(2,3)16-10(15)13-8-4-6-17-7-5-12-9(8)14;;/h8H,4-7H2,1-3H3,(H,12,14)(H,13,15);2*1H. The van der Waals surface area contributed by atoms with E-state index in [1.807, 2.05) is 0 Å². The molecule has 1 aliphatic heterocycles. The zero-order chi connectivity index (χ0) is 12.9. The molecule has 0 radical (unpaired) electrons. The fourth-order valence-electron chi connectivity index (χ4n) is 1.39. The van der Waals surface area contributed by atoms with Gasteiger partial charge >= 0.3 is 6.09 Å². The third-order valence-electron chi connectivity index (χ3n) is 2.10. The molecule has 0 aromatic carbocycles. The molecule has 0 saturated carbocycles. The maximum atomic E-state index is 11.7. The Morgan fingerprint density at radius 1 is 1.53 bits per heavy atom. The first-order chi connectivity index (χ1) is 7.88. The Balaban J connectivity index is 0. The van der Waals surface area contributed by atoms with E-state index in [4.69, 9.17) is 4.74 Å². The van der Waals surface area contributed by atoms with Crippen LogP contribution in [0.2, 0.25) is 0 Å². The molecule has 1 fully saturated rings. The lowest BCUT2D eigenvalue weighted by Crippen LogP contribution is -2.49. The van der Waals surface area contributed by atoms with Crippen molar-refractivity contribution in [3.8, 4) is 0 Å². The maximum Gasteiger partial charge on any atom is 0.408 e. The van der Waals surface area contributed by atoms with Gasteiger partial charge in [-0.3, -0.25) is 4.79 Å². The molecule has 1 atom stereocenters. The van der Waals surface area contributed by atoms with Gasteiger partial charge in [-0.25, -0.2) is 4.79 Å². The van der Waals surface area contributed by atoms with Crippen molar-refractivity contribution >= 4 is 23.8 Å². The SMILES string of the molecule is CC(C)(C)OC(=O)NC1CCSCCNC1=O.[HH].[HH]. The van der Waals surface area contributed by atoms with Crippen LogP contribution in [-0.2, 0) is 9.53 Å². The van der Waals surface area contributed by atoms with E-state index < -0.39 is 17.7 Å². The summed E-state index contributed by atoms with van der Waals surface area (Å²) in [6.07, 6.45) is 0.0960. The summed E-state index contributed by atoms with van der Waals surface area (Å²) in [5, 5.41) is 5.38. The van der Waals surface area contributed by atoms with Crippen molar-refractivity contribution in [1.82, 2.24) is 10.6 Å². The molecule has 2 N–H and O–H groups in total. The molecule has 0 aliphatic carbocycles. The lowest BCUT2D eigenvalue weighted by Gasteiger charge is -2.24. The van der Waals surface area contributed by atoms with Crippen LogP contribution in [0.25, 0.3) is 0 Å². The average Bonchev–Trinajstić information content (AvgIpc) is 2.15. The summed E-state index contributed by atoms with van der Waals surface area (Å²) >= 11 is 1.77. The number of alkyl carbamates (subject to hydrolysis) is 1. The van der Waals surface area contributed by atoms with Crippen LogP contribution in [0.15, 0.2) is 0 Å². The molecular weight excluding hydrogens is 240 g/mol. The molecule has 102 valence electrons. The van der Waals surface area contributed by atoms with E-state index in [0.717, 1.165) is 11.5 Å². The molecule has 1 saturated heterocycles. The fourth-order valence-corrected chi connectivity index (χ4v) is 2.24. The zero-order valence-electron chi connectivity index (χ0n) is 10.5. The number of ether oxygens (including phenoxy) is 1. The highest BCUT2D eigenvalue weighted by molar-refractivity contribution is 7.99. The van der Waals surface area contributed by atoms with Crippen LogP contribution in [0.4, 0.5) is 4.79 Å². The van der Waals surface area contributed by atoms with E-state index in [1.54, 1.807) is 32.5 Å². The third-order valence-corrected chi connectivity index (χ3v) is 3.12. The Morgan fingerprint density at radius 2 is 2.24 bits per heavy atom. The molecule has 1 heterocycles. The Bertz CT molecular complexity index is 298. The number of rotatable bonds is 1. The summed E-state index contributed by atoms with van der Waals surface area (Å²) in [6.45, 7) is 6.03. The number of nitrogens with one attached hydrogen (secondary N) is 2. The first kappa shape index (κ1) is 14.2. The van der Waals surface area contributed by atoms with Crippen molar-refractivity contribution in [3.63, 3.8) is 0 Å². The summed E-state index contributed by atoms with van der Waals surface area (Å²) in [4.78, 5) is 23.2. The molecule has 6 heteroatoms. The van der Waals surface area contributed by atoms with Gasteiger partial charge in [0, 0.05) is 15.2 Å². The quantitative estimate of drug-likeness (QED) is 0.755. The third kappa shape index (κ3) is 5.81. The smallest absolute Gasteiger partial charge is 0.408 e. The monoisotopic (exact) mass is 264 g/mol. The van der Waals surface area contributed by atoms with Gasteiger partial charge in [0.25, 0.3) is 0 Å². The van der Waals surface area contributed by atoms with Crippen LogP contribution in [0, 0.1) is 0 Å². The zero-order valence-corrected chi connectivity index (χ0v) is 11.4. The average molecular weight is 264 g/mol. The molecule has 17 heavy (non-hydrogen) atoms. The van der Waals surface area contributed by atoms with Crippen LogP contribution < -0.4 is 10.6 Å². The van der Waals surface area contributed by atoms with Crippen LogP contribution in [0.1, 0.15) is 30.0 Å². The lowest BCUT2D eigenvalue weighted by atomic mass is 10.2. The number of carbonyl (C=O) groups is 2. The fraction of sp³-hybridized carbons (Fsp3) is 0.818. The van der Waals surface area contributed by atoms with Crippen LogP contribution in [0.3, 0.4) is 0 Å². The van der Waals surface area contributed by atoms with Gasteiger partial charge < -0.3 is 15.4 Å². The number of thioether (sulfide) groups is 1. The molecule has 0 aromatic rings. The molecule has 1 rings (SSSR count). The van der Waals surface area contributed by atoms with E-state index >= 15 is 0 Å². The van der Waals surface area contributed by atoms with Crippen LogP contribution in [-0.4, -0.2) is 41.7 Å². The van der Waals surface area contributed by atoms with Crippen LogP contribution >= 0.6 is 11.8 Å². The van der Waals surface area contributed by atoms with Gasteiger partial charge in [-0.05, 0) is 32.9 Å². The van der Waals surface area contributed by atoms with Crippen molar-refractivity contribution in [2.45, 2.75) is 38.8 Å². The van der Waals surface area contributed by atoms with E-state index in [2.05, 4.69) is 10.6 Å². The van der Waals surface area contributed by atoms with Gasteiger partial charge in [0.1, 0.15) is 11.6 Å². The lowest BCUT2D eigenvalue weighted by molar-refractivity contribution is -0.123. The second-order valence-electron chi connectivity index (χ2n) is 4.89. The highest BCUT2D eigenvalue weighted by Crippen LogP contribution is 2.10. The molecule has 1 unspecified atom stereocenters. The van der Waals surface area contributed by atoms with E-state index in [-0.39, 0.29) is 8.76 Å². The number of carbonyl (C=O) groups excluding carboxylic acids is 2. The first-order valence-corrected chi connectivity index (χ1v) is 6.89. The summed E-state index contributed by atoms with van der Waals surface area (Å²) < 4.78 is 5.12. The largest absolute Gasteiger partial charge is 0.444 e. The van der Waals surface area contributed by atoms with Gasteiger partial charge in [0.2, 0.25) is 5.91 Å². The summed E-state index contributed by atoms with van der Waals surface area (Å²) in [6, 6.07) is -0.488. The van der Waals surface area contributed by atoms with Crippen molar-refractivity contribution < 1.29 is 17.2 Å². The van der Waals surface area contributed by atoms with Crippen molar-refractivity contribution in [2.24, 2.45) is 0 Å². The first-order valence-electron chi connectivity index (χ1n) is 5.73. The predicted octanol–water partition coefficient (Wildman–Crippen LogP) is 1.62. The van der Waals surface area contributed by atoms with Gasteiger partial charge in [-0.1, -0.05) is 0 Å².